The van der Waals surface area contributed by atoms with Crippen molar-refractivity contribution in [2.45, 2.75) is 70.6 Å². The van der Waals surface area contributed by atoms with Crippen molar-refractivity contribution < 1.29 is 24.5 Å². The first-order valence-corrected chi connectivity index (χ1v) is 12.9. The Bertz CT molecular complexity index is 982. The van der Waals surface area contributed by atoms with Gasteiger partial charge in [-0.2, -0.15) is 0 Å². The second-order valence-corrected chi connectivity index (χ2v) is 9.73. The molecule has 35 heavy (non-hydrogen) atoms. The number of aryl methyl sites for hydroxylation is 1. The zero-order valence-corrected chi connectivity index (χ0v) is 21.8. The summed E-state index contributed by atoms with van der Waals surface area (Å²) in [6.45, 7) is 5.79. The van der Waals surface area contributed by atoms with Gasteiger partial charge in [0.1, 0.15) is 5.75 Å². The summed E-state index contributed by atoms with van der Waals surface area (Å²) in [6.07, 6.45) is 3.59. The Labute approximate surface area is 213 Å². The summed E-state index contributed by atoms with van der Waals surface area (Å²) in [7, 11) is 1.58. The second kappa shape index (κ2) is 13.3. The topological polar surface area (TPSA) is 79.2 Å². The molecule has 2 N–H and O–H groups in total. The number of aliphatic hydroxyl groups is 1. The number of likely N-dealkylation sites (tertiary alicyclic amines) is 1. The highest BCUT2D eigenvalue weighted by atomic mass is 35.5. The van der Waals surface area contributed by atoms with Gasteiger partial charge in [0.05, 0.1) is 25.9 Å². The van der Waals surface area contributed by atoms with Gasteiger partial charge in [0, 0.05) is 29.6 Å². The maximum Gasteiger partial charge on any atom is 0.303 e. The van der Waals surface area contributed by atoms with E-state index in [0.717, 1.165) is 48.4 Å². The number of methoxy groups -OCH3 is 1. The lowest BCUT2D eigenvalue weighted by atomic mass is 9.98. The summed E-state index contributed by atoms with van der Waals surface area (Å²) in [6, 6.07) is 12.3. The number of rotatable bonds is 13. The van der Waals surface area contributed by atoms with Crippen LogP contribution in [0.5, 0.6) is 5.75 Å². The Balaban J connectivity index is 1.57. The van der Waals surface area contributed by atoms with Crippen molar-refractivity contribution in [1.82, 2.24) is 4.90 Å². The van der Waals surface area contributed by atoms with Crippen molar-refractivity contribution in [2.24, 2.45) is 0 Å². The van der Waals surface area contributed by atoms with Crippen LogP contribution in [0.4, 0.5) is 0 Å². The van der Waals surface area contributed by atoms with Crippen LogP contribution in [0.25, 0.3) is 0 Å². The monoisotopic (exact) mass is 503 g/mol. The molecule has 192 valence electrons. The fraction of sp³-hybridized carbons (Fsp3) is 0.536. The Morgan fingerprint density at radius 3 is 2.80 bits per heavy atom. The summed E-state index contributed by atoms with van der Waals surface area (Å²) >= 11 is 6.28. The minimum absolute atomic E-state index is 0.0203. The van der Waals surface area contributed by atoms with Crippen LogP contribution in [-0.4, -0.2) is 60.0 Å². The summed E-state index contributed by atoms with van der Waals surface area (Å²) in [5, 5.41) is 20.7. The third kappa shape index (κ3) is 7.68. The Hall–Kier alpha value is -2.12. The Kier molecular flexibility index (Phi) is 10.4. The molecular formula is C28H38ClNO5. The number of β-amino-alcohol motifs (C(OH)–C–C–N with tert-alkyl or cyclic N) is 1. The highest BCUT2D eigenvalue weighted by Gasteiger charge is 2.27. The number of nitrogens with zero attached hydrogens (tertiary/aromatic N) is 1. The van der Waals surface area contributed by atoms with E-state index in [-0.39, 0.29) is 19.1 Å². The lowest BCUT2D eigenvalue weighted by Crippen LogP contribution is -2.39. The molecule has 0 bridgehead atoms. The zero-order chi connectivity index (χ0) is 25.4. The first kappa shape index (κ1) is 27.5. The average molecular weight is 504 g/mol. The molecule has 0 aliphatic carbocycles. The Morgan fingerprint density at radius 2 is 2.09 bits per heavy atom. The van der Waals surface area contributed by atoms with Crippen molar-refractivity contribution in [3.05, 3.63) is 63.7 Å². The van der Waals surface area contributed by atoms with Crippen LogP contribution in [0, 0.1) is 0 Å². The van der Waals surface area contributed by atoms with E-state index in [1.807, 2.05) is 31.2 Å². The maximum atomic E-state index is 11.1. The van der Waals surface area contributed by atoms with Crippen LogP contribution in [0.15, 0.2) is 36.4 Å². The smallest absolute Gasteiger partial charge is 0.303 e. The number of carbonyl (C=O) groups is 1. The number of aliphatic hydroxyl groups excluding tert-OH is 1. The number of aliphatic carboxylic acids is 1. The minimum atomic E-state index is -0.851. The van der Waals surface area contributed by atoms with Gasteiger partial charge in [0.25, 0.3) is 0 Å². The first-order valence-electron chi connectivity index (χ1n) is 12.5. The quantitative estimate of drug-likeness (QED) is 0.397. The van der Waals surface area contributed by atoms with Gasteiger partial charge >= 0.3 is 5.97 Å². The van der Waals surface area contributed by atoms with Crippen LogP contribution in [0.2, 0.25) is 5.02 Å². The fourth-order valence-corrected chi connectivity index (χ4v) is 5.24. The molecule has 0 amide bonds. The van der Waals surface area contributed by atoms with Crippen molar-refractivity contribution in [1.29, 1.82) is 0 Å². The molecule has 1 fully saturated rings. The molecule has 3 atom stereocenters. The third-order valence-electron chi connectivity index (χ3n) is 6.86. The largest absolute Gasteiger partial charge is 0.496 e. The molecule has 2 aromatic rings. The van der Waals surface area contributed by atoms with Crippen molar-refractivity contribution in [3.8, 4) is 5.75 Å². The average Bonchev–Trinajstić information content (AvgIpc) is 3.28. The SMILES string of the molecule is CCc1cc(C[C@@H]2CCCN2C[C@@H](O)CO[C@H](C)c2cccc(OC)c2CCC(=O)O)ccc1Cl. The Morgan fingerprint density at radius 1 is 1.29 bits per heavy atom. The van der Waals surface area contributed by atoms with Crippen LogP contribution in [-0.2, 0) is 28.8 Å². The zero-order valence-electron chi connectivity index (χ0n) is 21.0. The van der Waals surface area contributed by atoms with E-state index in [1.54, 1.807) is 7.11 Å². The molecule has 0 unspecified atom stereocenters. The summed E-state index contributed by atoms with van der Waals surface area (Å²) in [5.41, 5.74) is 4.20. The molecule has 1 aliphatic heterocycles. The molecule has 6 nitrogen and oxygen atoms in total. The highest BCUT2D eigenvalue weighted by Crippen LogP contribution is 2.30. The number of ether oxygens (including phenoxy) is 2. The number of benzene rings is 2. The van der Waals surface area contributed by atoms with Gasteiger partial charge in [-0.15, -0.1) is 0 Å². The van der Waals surface area contributed by atoms with Gasteiger partial charge in [-0.25, -0.2) is 0 Å². The van der Waals surface area contributed by atoms with E-state index in [2.05, 4.69) is 24.0 Å². The van der Waals surface area contributed by atoms with E-state index in [4.69, 9.17) is 26.2 Å². The number of hydrogen-bond acceptors (Lipinski definition) is 5. The van der Waals surface area contributed by atoms with E-state index >= 15 is 0 Å². The molecule has 0 radical (unpaired) electrons. The van der Waals surface area contributed by atoms with Crippen LogP contribution >= 0.6 is 11.6 Å². The van der Waals surface area contributed by atoms with Crippen LogP contribution < -0.4 is 4.74 Å². The predicted octanol–water partition coefficient (Wildman–Crippen LogP) is 5.07. The molecule has 1 saturated heterocycles. The number of carboxylic acids is 1. The standard InChI is InChI=1S/C28H38ClNO5/c1-4-21-15-20(10-12-26(21)29)16-22-7-6-14-30(22)17-23(31)18-35-19(2)24-8-5-9-27(34-3)25(24)11-13-28(32)33/h5,8-10,12,15,19,22-23,31H,4,6-7,11,13-14,16-18H2,1-3H3,(H,32,33)/t19-,22+,23-/m1/s1. The third-order valence-corrected chi connectivity index (χ3v) is 7.23. The maximum absolute atomic E-state index is 11.1. The van der Waals surface area contributed by atoms with Gasteiger partial charge < -0.3 is 19.7 Å². The molecular weight excluding hydrogens is 466 g/mol. The second-order valence-electron chi connectivity index (χ2n) is 9.33. The fourth-order valence-electron chi connectivity index (χ4n) is 4.99. The number of hydrogen-bond donors (Lipinski definition) is 2. The van der Waals surface area contributed by atoms with Gasteiger partial charge in [0.15, 0.2) is 0 Å². The molecule has 0 saturated carbocycles. The first-order chi connectivity index (χ1) is 16.8. The molecule has 3 rings (SSSR count). The van der Waals surface area contributed by atoms with Crippen LogP contribution in [0.1, 0.15) is 61.5 Å². The predicted molar refractivity (Wildman–Crippen MR) is 138 cm³/mol. The summed E-state index contributed by atoms with van der Waals surface area (Å²) in [4.78, 5) is 13.5. The van der Waals surface area contributed by atoms with Crippen molar-refractivity contribution >= 4 is 17.6 Å². The normalized spacial score (nSPS) is 17.9. The molecule has 7 heteroatoms. The molecule has 1 heterocycles. The van der Waals surface area contributed by atoms with Crippen LogP contribution in [0.3, 0.4) is 0 Å². The van der Waals surface area contributed by atoms with E-state index in [0.29, 0.717) is 24.8 Å². The lowest BCUT2D eigenvalue weighted by Gasteiger charge is -2.28. The van der Waals surface area contributed by atoms with Crippen molar-refractivity contribution in [2.75, 3.05) is 26.8 Å². The molecule has 0 aromatic heterocycles. The van der Waals surface area contributed by atoms with Gasteiger partial charge in [-0.1, -0.05) is 42.8 Å². The van der Waals surface area contributed by atoms with Gasteiger partial charge in [0.2, 0.25) is 0 Å². The lowest BCUT2D eigenvalue weighted by molar-refractivity contribution is -0.136. The minimum Gasteiger partial charge on any atom is -0.496 e. The molecule has 1 aliphatic rings. The van der Waals surface area contributed by atoms with Gasteiger partial charge in [-0.05, 0) is 74.4 Å². The van der Waals surface area contributed by atoms with E-state index < -0.39 is 12.1 Å². The van der Waals surface area contributed by atoms with E-state index in [1.165, 1.54) is 11.1 Å². The summed E-state index contributed by atoms with van der Waals surface area (Å²) < 4.78 is 11.5. The molecule has 2 aromatic carbocycles. The number of carboxylic acid groups (broad SMARTS) is 1. The van der Waals surface area contributed by atoms with Gasteiger partial charge in [-0.3, -0.25) is 9.69 Å². The molecule has 0 spiro atoms. The van der Waals surface area contributed by atoms with Crippen molar-refractivity contribution in [3.63, 3.8) is 0 Å². The summed E-state index contributed by atoms with van der Waals surface area (Å²) in [5.74, 6) is -0.191. The highest BCUT2D eigenvalue weighted by molar-refractivity contribution is 6.31. The number of halogens is 1. The van der Waals surface area contributed by atoms with E-state index in [9.17, 15) is 9.90 Å².